The van der Waals surface area contributed by atoms with Crippen LogP contribution in [0.5, 0.6) is 0 Å². The van der Waals surface area contributed by atoms with Gasteiger partial charge in [0.05, 0.1) is 18.0 Å². The molecule has 2 atom stereocenters. The Morgan fingerprint density at radius 2 is 1.78 bits per heavy atom. The molecular formula is C17H19NO3S2. The van der Waals surface area contributed by atoms with Gasteiger partial charge < -0.3 is 4.74 Å². The number of hydrogen-bond donors (Lipinski definition) is 0. The number of nitrogens with zero attached hydrogens (tertiary/aromatic N) is 1. The number of thioether (sulfide) groups is 1. The Kier molecular flexibility index (Phi) is 3.68. The van der Waals surface area contributed by atoms with Crippen LogP contribution in [0.3, 0.4) is 0 Å². The zero-order valence-corrected chi connectivity index (χ0v) is 14.4. The van der Waals surface area contributed by atoms with Crippen molar-refractivity contribution in [1.82, 2.24) is 4.31 Å². The molecule has 2 heterocycles. The number of allylic oxidation sites excluding steroid dienone is 2. The van der Waals surface area contributed by atoms with Crippen LogP contribution in [0.1, 0.15) is 5.56 Å². The van der Waals surface area contributed by atoms with Gasteiger partial charge in [0.2, 0.25) is 10.0 Å². The van der Waals surface area contributed by atoms with E-state index in [-0.39, 0.29) is 4.75 Å². The molecule has 0 bridgehead atoms. The van der Waals surface area contributed by atoms with Crippen LogP contribution in [0.25, 0.3) is 0 Å². The fourth-order valence-corrected chi connectivity index (χ4v) is 7.99. The maximum atomic E-state index is 13.3. The van der Waals surface area contributed by atoms with Crippen molar-refractivity contribution >= 4 is 21.8 Å². The highest BCUT2D eigenvalue weighted by Gasteiger charge is 2.75. The Morgan fingerprint density at radius 3 is 2.52 bits per heavy atom. The number of ether oxygens (including phenoxy) is 1. The molecule has 1 aromatic carbocycles. The van der Waals surface area contributed by atoms with Crippen molar-refractivity contribution in [2.75, 3.05) is 26.3 Å². The zero-order valence-electron chi connectivity index (χ0n) is 12.7. The molecule has 0 N–H and O–H groups in total. The van der Waals surface area contributed by atoms with Crippen LogP contribution in [-0.2, 0) is 21.2 Å². The van der Waals surface area contributed by atoms with Gasteiger partial charge in [0.1, 0.15) is 0 Å². The van der Waals surface area contributed by atoms with E-state index in [0.717, 1.165) is 6.42 Å². The van der Waals surface area contributed by atoms with E-state index < -0.39 is 14.1 Å². The molecule has 0 amide bonds. The van der Waals surface area contributed by atoms with Crippen molar-refractivity contribution in [2.45, 2.75) is 15.2 Å². The van der Waals surface area contributed by atoms with Gasteiger partial charge in [0, 0.05) is 13.1 Å². The molecule has 23 heavy (non-hydrogen) atoms. The van der Waals surface area contributed by atoms with Crippen molar-refractivity contribution < 1.29 is 13.2 Å². The Hall–Kier alpha value is -1.08. The summed E-state index contributed by atoms with van der Waals surface area (Å²) in [4.78, 5) is 0. The molecule has 4 rings (SSSR count). The summed E-state index contributed by atoms with van der Waals surface area (Å²) in [6.45, 7) is 1.85. The monoisotopic (exact) mass is 349 g/mol. The number of morpholine rings is 1. The summed E-state index contributed by atoms with van der Waals surface area (Å²) >= 11 is 1.55. The molecule has 0 radical (unpaired) electrons. The third-order valence-electron chi connectivity index (χ3n) is 4.68. The highest BCUT2D eigenvalue weighted by molar-refractivity contribution is 8.23. The standard InChI is InChI=1S/C17H19NO3S2/c19-23(20,18-10-12-21-13-11-18)17-9-5-4-8-16(17,22-17)14-15-6-2-1-3-7-15/h1-9H,10-14H2. The first-order valence-electron chi connectivity index (χ1n) is 7.78. The third kappa shape index (κ3) is 2.31. The average Bonchev–Trinajstić information content (AvgIpc) is 3.27. The van der Waals surface area contributed by atoms with Gasteiger partial charge in [-0.1, -0.05) is 54.6 Å². The minimum absolute atomic E-state index is 0.389. The van der Waals surface area contributed by atoms with Crippen molar-refractivity contribution in [3.05, 3.63) is 60.2 Å². The molecule has 0 aromatic heterocycles. The van der Waals surface area contributed by atoms with Gasteiger partial charge in [0.15, 0.2) is 4.08 Å². The average molecular weight is 349 g/mol. The molecule has 0 saturated carbocycles. The van der Waals surface area contributed by atoms with Crippen molar-refractivity contribution in [3.63, 3.8) is 0 Å². The predicted molar refractivity (Wildman–Crippen MR) is 92.8 cm³/mol. The first-order valence-corrected chi connectivity index (χ1v) is 10.0. The van der Waals surface area contributed by atoms with Gasteiger partial charge in [0.25, 0.3) is 0 Å². The Balaban J connectivity index is 1.67. The quantitative estimate of drug-likeness (QED) is 0.782. The highest BCUT2D eigenvalue weighted by atomic mass is 32.3. The second kappa shape index (κ2) is 5.48. The van der Waals surface area contributed by atoms with Gasteiger partial charge >= 0.3 is 0 Å². The molecule has 4 nitrogen and oxygen atoms in total. The number of rotatable bonds is 4. The third-order valence-corrected chi connectivity index (χ3v) is 9.57. The van der Waals surface area contributed by atoms with Gasteiger partial charge in [-0.05, 0) is 12.0 Å². The first-order chi connectivity index (χ1) is 11.1. The number of fused-ring (bicyclic) bond motifs is 1. The molecule has 2 unspecified atom stereocenters. The lowest BCUT2D eigenvalue weighted by Crippen LogP contribution is -2.48. The first kappa shape index (κ1) is 15.4. The fourth-order valence-electron chi connectivity index (χ4n) is 3.42. The number of benzene rings is 1. The lowest BCUT2D eigenvalue weighted by atomic mass is 9.93. The van der Waals surface area contributed by atoms with E-state index in [9.17, 15) is 8.42 Å². The molecule has 6 heteroatoms. The summed E-state index contributed by atoms with van der Waals surface area (Å²) in [5.41, 5.74) is 1.17. The molecule has 1 aromatic rings. The van der Waals surface area contributed by atoms with Crippen molar-refractivity contribution in [1.29, 1.82) is 0 Å². The molecule has 2 fully saturated rings. The summed E-state index contributed by atoms with van der Waals surface area (Å²) < 4.78 is 32.2. The van der Waals surface area contributed by atoms with Crippen LogP contribution in [0.4, 0.5) is 0 Å². The van der Waals surface area contributed by atoms with Crippen LogP contribution < -0.4 is 0 Å². The van der Waals surface area contributed by atoms with Crippen LogP contribution in [0.15, 0.2) is 54.6 Å². The molecule has 0 spiro atoms. The lowest BCUT2D eigenvalue weighted by Gasteiger charge is -2.31. The largest absolute Gasteiger partial charge is 0.379 e. The second-order valence-electron chi connectivity index (χ2n) is 6.06. The molecular weight excluding hydrogens is 330 g/mol. The number of sulfonamides is 1. The van der Waals surface area contributed by atoms with E-state index in [2.05, 4.69) is 18.2 Å². The number of hydrogen-bond acceptors (Lipinski definition) is 4. The van der Waals surface area contributed by atoms with Crippen LogP contribution >= 0.6 is 11.8 Å². The lowest BCUT2D eigenvalue weighted by molar-refractivity contribution is 0.0727. The molecule has 1 aliphatic carbocycles. The Bertz CT molecular complexity index is 753. The zero-order chi connectivity index (χ0) is 16.0. The Morgan fingerprint density at radius 1 is 1.09 bits per heavy atom. The fraction of sp³-hybridized carbons (Fsp3) is 0.412. The van der Waals surface area contributed by atoms with Crippen LogP contribution in [0, 0.1) is 0 Å². The normalized spacial score (nSPS) is 33.4. The summed E-state index contributed by atoms with van der Waals surface area (Å²) in [5.74, 6) is 0. The molecule has 2 saturated heterocycles. The topological polar surface area (TPSA) is 46.6 Å². The summed E-state index contributed by atoms with van der Waals surface area (Å²) in [7, 11) is -3.41. The van der Waals surface area contributed by atoms with Gasteiger partial charge in [-0.3, -0.25) is 0 Å². The van der Waals surface area contributed by atoms with E-state index in [0.29, 0.717) is 26.3 Å². The maximum Gasteiger partial charge on any atom is 0.234 e. The van der Waals surface area contributed by atoms with E-state index >= 15 is 0 Å². The van der Waals surface area contributed by atoms with E-state index in [4.69, 9.17) is 4.74 Å². The highest BCUT2D eigenvalue weighted by Crippen LogP contribution is 2.71. The molecule has 2 aliphatic heterocycles. The summed E-state index contributed by atoms with van der Waals surface area (Å²) in [6, 6.07) is 10.1. The van der Waals surface area contributed by atoms with Crippen LogP contribution in [0.2, 0.25) is 0 Å². The summed E-state index contributed by atoms with van der Waals surface area (Å²) in [5, 5.41) is 0. The van der Waals surface area contributed by atoms with Crippen molar-refractivity contribution in [3.8, 4) is 0 Å². The Labute approximate surface area is 141 Å². The van der Waals surface area contributed by atoms with Gasteiger partial charge in [-0.2, -0.15) is 4.31 Å². The minimum Gasteiger partial charge on any atom is -0.379 e. The van der Waals surface area contributed by atoms with Gasteiger partial charge in [-0.25, -0.2) is 8.42 Å². The van der Waals surface area contributed by atoms with Gasteiger partial charge in [-0.15, -0.1) is 11.8 Å². The van der Waals surface area contributed by atoms with E-state index in [1.807, 2.05) is 36.4 Å². The van der Waals surface area contributed by atoms with Crippen molar-refractivity contribution in [2.24, 2.45) is 0 Å². The smallest absolute Gasteiger partial charge is 0.234 e. The predicted octanol–water partition coefficient (Wildman–Crippen LogP) is 2.20. The van der Waals surface area contributed by atoms with E-state index in [1.165, 1.54) is 5.56 Å². The maximum absolute atomic E-state index is 13.3. The molecule has 3 aliphatic rings. The minimum atomic E-state index is -3.41. The van der Waals surface area contributed by atoms with E-state index in [1.54, 1.807) is 16.1 Å². The SMILES string of the molecule is O=S(=O)(N1CCOCC1)C12C=CC=CC1(Cc1ccccc1)S2. The summed E-state index contributed by atoms with van der Waals surface area (Å²) in [6.07, 6.45) is 8.48. The molecule has 122 valence electrons. The van der Waals surface area contributed by atoms with Crippen LogP contribution in [-0.4, -0.2) is 47.9 Å². The second-order valence-corrected chi connectivity index (χ2v) is 10.0.